The number of nitrogens with zero attached hydrogens (tertiary/aromatic N) is 1. The highest BCUT2D eigenvalue weighted by atomic mass is 19.3. The van der Waals surface area contributed by atoms with Crippen molar-refractivity contribution in [2.75, 3.05) is 13.1 Å². The quantitative estimate of drug-likeness (QED) is 0.914. The fourth-order valence-electron chi connectivity index (χ4n) is 2.62. The first kappa shape index (κ1) is 14.2. The molecule has 2 N–H and O–H groups in total. The molecule has 1 aromatic carbocycles. The molecule has 0 aliphatic carbocycles. The standard InChI is InChI=1S/C14H20F2N2O/c1-10(18-8-4-5-11(17)9-18)12-6-2-3-7-13(12)19-14(15)16/h2-3,6-7,10-11,14H,4-5,8-9,17H2,1H3. The Bertz CT molecular complexity index is 414. The lowest BCUT2D eigenvalue weighted by Crippen LogP contribution is -2.43. The van der Waals surface area contributed by atoms with E-state index in [1.807, 2.05) is 19.1 Å². The van der Waals surface area contributed by atoms with E-state index in [9.17, 15) is 8.78 Å². The molecule has 0 spiro atoms. The zero-order chi connectivity index (χ0) is 13.8. The average Bonchev–Trinajstić information content (AvgIpc) is 2.38. The van der Waals surface area contributed by atoms with Crippen LogP contribution in [0.1, 0.15) is 31.4 Å². The molecule has 19 heavy (non-hydrogen) atoms. The van der Waals surface area contributed by atoms with Crippen molar-refractivity contribution in [1.29, 1.82) is 0 Å². The number of para-hydroxylation sites is 1. The SMILES string of the molecule is CC(c1ccccc1OC(F)F)N1CCCC(N)C1. The van der Waals surface area contributed by atoms with E-state index in [4.69, 9.17) is 5.73 Å². The van der Waals surface area contributed by atoms with Gasteiger partial charge in [-0.05, 0) is 32.4 Å². The van der Waals surface area contributed by atoms with Gasteiger partial charge < -0.3 is 10.5 Å². The lowest BCUT2D eigenvalue weighted by Gasteiger charge is -2.36. The normalized spacial score (nSPS) is 22.5. The Morgan fingerprint density at radius 1 is 1.37 bits per heavy atom. The first-order valence-electron chi connectivity index (χ1n) is 6.61. The molecular formula is C14H20F2N2O. The van der Waals surface area contributed by atoms with E-state index in [0.29, 0.717) is 0 Å². The van der Waals surface area contributed by atoms with E-state index in [0.717, 1.165) is 31.5 Å². The summed E-state index contributed by atoms with van der Waals surface area (Å²) in [4.78, 5) is 2.22. The molecule has 106 valence electrons. The molecule has 1 fully saturated rings. The minimum Gasteiger partial charge on any atom is -0.434 e. The molecule has 1 aliphatic heterocycles. The Kier molecular flexibility index (Phi) is 4.71. The van der Waals surface area contributed by atoms with Crippen molar-refractivity contribution < 1.29 is 13.5 Å². The molecule has 0 saturated carbocycles. The van der Waals surface area contributed by atoms with Crippen LogP contribution in [0.3, 0.4) is 0 Å². The van der Waals surface area contributed by atoms with Crippen molar-refractivity contribution in [3.8, 4) is 5.75 Å². The van der Waals surface area contributed by atoms with Crippen molar-refractivity contribution in [1.82, 2.24) is 4.90 Å². The van der Waals surface area contributed by atoms with Crippen LogP contribution in [0.5, 0.6) is 5.75 Å². The van der Waals surface area contributed by atoms with Crippen LogP contribution < -0.4 is 10.5 Å². The number of ether oxygens (including phenoxy) is 1. The fraction of sp³-hybridized carbons (Fsp3) is 0.571. The molecule has 1 aromatic rings. The number of likely N-dealkylation sites (tertiary alicyclic amines) is 1. The summed E-state index contributed by atoms with van der Waals surface area (Å²) in [7, 11) is 0. The van der Waals surface area contributed by atoms with Crippen molar-refractivity contribution in [3.63, 3.8) is 0 Å². The van der Waals surface area contributed by atoms with Gasteiger partial charge in [-0.2, -0.15) is 8.78 Å². The number of nitrogens with two attached hydrogens (primary N) is 1. The topological polar surface area (TPSA) is 38.5 Å². The minimum atomic E-state index is -2.79. The van der Waals surface area contributed by atoms with E-state index in [1.54, 1.807) is 12.1 Å². The van der Waals surface area contributed by atoms with Gasteiger partial charge in [0.25, 0.3) is 0 Å². The highest BCUT2D eigenvalue weighted by Gasteiger charge is 2.24. The Labute approximate surface area is 112 Å². The van der Waals surface area contributed by atoms with Crippen LogP contribution in [-0.2, 0) is 0 Å². The molecule has 1 saturated heterocycles. The van der Waals surface area contributed by atoms with E-state index in [-0.39, 0.29) is 17.8 Å². The summed E-state index contributed by atoms with van der Waals surface area (Å²) in [6.07, 6.45) is 2.07. The third-order valence-electron chi connectivity index (χ3n) is 3.62. The Morgan fingerprint density at radius 2 is 2.11 bits per heavy atom. The number of halogens is 2. The van der Waals surface area contributed by atoms with Gasteiger partial charge >= 0.3 is 6.61 Å². The van der Waals surface area contributed by atoms with Gasteiger partial charge in [0.05, 0.1) is 0 Å². The van der Waals surface area contributed by atoms with E-state index >= 15 is 0 Å². The molecule has 1 heterocycles. The Morgan fingerprint density at radius 3 is 2.79 bits per heavy atom. The smallest absolute Gasteiger partial charge is 0.387 e. The zero-order valence-corrected chi connectivity index (χ0v) is 11.1. The number of alkyl halides is 2. The molecule has 0 amide bonds. The van der Waals surface area contributed by atoms with Gasteiger partial charge in [-0.3, -0.25) is 4.90 Å². The van der Waals surface area contributed by atoms with Crippen LogP contribution >= 0.6 is 0 Å². The first-order valence-corrected chi connectivity index (χ1v) is 6.61. The molecule has 0 bridgehead atoms. The highest BCUT2D eigenvalue weighted by molar-refractivity contribution is 5.35. The molecule has 3 nitrogen and oxygen atoms in total. The molecule has 0 aromatic heterocycles. The maximum Gasteiger partial charge on any atom is 0.387 e. The van der Waals surface area contributed by atoms with Crippen LogP contribution in [0.4, 0.5) is 8.78 Å². The molecule has 2 atom stereocenters. The van der Waals surface area contributed by atoms with Gasteiger partial charge in [-0.1, -0.05) is 18.2 Å². The lowest BCUT2D eigenvalue weighted by molar-refractivity contribution is -0.0512. The minimum absolute atomic E-state index is 0.0290. The third kappa shape index (κ3) is 3.64. The van der Waals surface area contributed by atoms with Crippen LogP contribution in [0.15, 0.2) is 24.3 Å². The maximum atomic E-state index is 12.4. The Hall–Kier alpha value is -1.20. The van der Waals surface area contributed by atoms with E-state index < -0.39 is 6.61 Å². The van der Waals surface area contributed by atoms with Gasteiger partial charge in [-0.15, -0.1) is 0 Å². The molecule has 0 radical (unpaired) electrons. The van der Waals surface area contributed by atoms with Crippen LogP contribution in [-0.4, -0.2) is 30.6 Å². The van der Waals surface area contributed by atoms with Crippen LogP contribution in [0.25, 0.3) is 0 Å². The second-order valence-electron chi connectivity index (χ2n) is 4.99. The van der Waals surface area contributed by atoms with E-state index in [1.165, 1.54) is 0 Å². The summed E-state index contributed by atoms with van der Waals surface area (Å²) in [6, 6.07) is 7.16. The largest absolute Gasteiger partial charge is 0.434 e. The number of piperidine rings is 1. The fourth-order valence-corrected chi connectivity index (χ4v) is 2.62. The van der Waals surface area contributed by atoms with Gasteiger partial charge in [0.1, 0.15) is 5.75 Å². The van der Waals surface area contributed by atoms with Gasteiger partial charge in [0.2, 0.25) is 0 Å². The Balaban J connectivity index is 2.15. The molecule has 2 unspecified atom stereocenters. The third-order valence-corrected chi connectivity index (χ3v) is 3.62. The number of benzene rings is 1. The predicted molar refractivity (Wildman–Crippen MR) is 70.3 cm³/mol. The van der Waals surface area contributed by atoms with Crippen molar-refractivity contribution in [2.24, 2.45) is 5.73 Å². The number of rotatable bonds is 4. The van der Waals surface area contributed by atoms with Crippen molar-refractivity contribution in [2.45, 2.75) is 38.5 Å². The number of hydrogen-bond donors (Lipinski definition) is 1. The molecule has 2 rings (SSSR count). The molecule has 5 heteroatoms. The molecule has 1 aliphatic rings. The average molecular weight is 270 g/mol. The number of hydrogen-bond acceptors (Lipinski definition) is 3. The second kappa shape index (κ2) is 6.30. The summed E-state index contributed by atoms with van der Waals surface area (Å²) < 4.78 is 29.4. The highest BCUT2D eigenvalue weighted by Crippen LogP contribution is 2.31. The van der Waals surface area contributed by atoms with E-state index in [2.05, 4.69) is 9.64 Å². The predicted octanol–water partition coefficient (Wildman–Crippen LogP) is 2.77. The summed E-state index contributed by atoms with van der Waals surface area (Å²) >= 11 is 0. The van der Waals surface area contributed by atoms with Gasteiger partial charge in [-0.25, -0.2) is 0 Å². The first-order chi connectivity index (χ1) is 9.08. The summed E-state index contributed by atoms with van der Waals surface area (Å²) in [5.41, 5.74) is 6.76. The second-order valence-corrected chi connectivity index (χ2v) is 4.99. The lowest BCUT2D eigenvalue weighted by atomic mass is 10.0. The monoisotopic (exact) mass is 270 g/mol. The molecular weight excluding hydrogens is 250 g/mol. The summed E-state index contributed by atoms with van der Waals surface area (Å²) in [5.74, 6) is 0.254. The van der Waals surface area contributed by atoms with Crippen molar-refractivity contribution in [3.05, 3.63) is 29.8 Å². The van der Waals surface area contributed by atoms with Crippen LogP contribution in [0.2, 0.25) is 0 Å². The van der Waals surface area contributed by atoms with Gasteiger partial charge in [0.15, 0.2) is 0 Å². The maximum absolute atomic E-state index is 12.4. The zero-order valence-electron chi connectivity index (χ0n) is 11.1. The van der Waals surface area contributed by atoms with Crippen LogP contribution in [0, 0.1) is 0 Å². The summed E-state index contributed by atoms with van der Waals surface area (Å²) in [6.45, 7) is 0.949. The van der Waals surface area contributed by atoms with Gasteiger partial charge in [0, 0.05) is 24.2 Å². The summed E-state index contributed by atoms with van der Waals surface area (Å²) in [5, 5.41) is 0. The van der Waals surface area contributed by atoms with Crippen molar-refractivity contribution >= 4 is 0 Å².